The number of rotatable bonds is 5. The van der Waals surface area contributed by atoms with Gasteiger partial charge in [0.15, 0.2) is 5.84 Å². The minimum absolute atomic E-state index is 0.331. The SMILES string of the molecule is N#C/C(=N\Nc1cc(C(c2ccc(O)c(N)c2)(C(F)(F)F)C(F)(F)F)ccc1O)C(=N)N. The quantitative estimate of drug-likeness (QED) is 0.100. The average molecular weight is 460 g/mol. The number of nitrogens with zero attached hydrogens (tertiary/aromatic N) is 2. The highest BCUT2D eigenvalue weighted by Gasteiger charge is 2.72. The van der Waals surface area contributed by atoms with Crippen LogP contribution in [-0.4, -0.2) is 34.1 Å². The number of phenolic OH excluding ortho intramolecular Hbond substituents is 2. The largest absolute Gasteiger partial charge is 0.506 e. The maximum absolute atomic E-state index is 14.2. The van der Waals surface area contributed by atoms with Crippen molar-refractivity contribution in [3.05, 3.63) is 47.5 Å². The molecule has 2 rings (SSSR count). The Kier molecular flexibility index (Phi) is 6.16. The number of aromatic hydroxyl groups is 2. The number of nitrogens with two attached hydrogens (primary N) is 2. The van der Waals surface area contributed by atoms with Crippen molar-refractivity contribution in [1.82, 2.24) is 0 Å². The molecule has 0 aliphatic heterocycles. The molecule has 0 radical (unpaired) electrons. The lowest BCUT2D eigenvalue weighted by Gasteiger charge is -2.38. The van der Waals surface area contributed by atoms with Crippen LogP contribution in [0, 0.1) is 16.7 Å². The maximum atomic E-state index is 14.2. The maximum Gasteiger partial charge on any atom is 0.411 e. The van der Waals surface area contributed by atoms with Gasteiger partial charge >= 0.3 is 12.4 Å². The Morgan fingerprint density at radius 2 is 1.47 bits per heavy atom. The first-order valence-corrected chi connectivity index (χ1v) is 8.31. The van der Waals surface area contributed by atoms with E-state index in [2.05, 4.69) is 5.10 Å². The van der Waals surface area contributed by atoms with Gasteiger partial charge in [0.05, 0.1) is 11.4 Å². The molecule has 2 aromatic rings. The van der Waals surface area contributed by atoms with Gasteiger partial charge in [-0.15, -0.1) is 0 Å². The Labute approximate surface area is 175 Å². The van der Waals surface area contributed by atoms with E-state index in [1.807, 2.05) is 5.43 Å². The Bertz CT molecular complexity index is 1110. The molecule has 0 aromatic heterocycles. The zero-order valence-electron chi connectivity index (χ0n) is 15.7. The Balaban J connectivity index is 2.85. The summed E-state index contributed by atoms with van der Waals surface area (Å²) in [5.41, 5.74) is 2.81. The number of amidine groups is 1. The monoisotopic (exact) mass is 460 g/mol. The van der Waals surface area contributed by atoms with Crippen LogP contribution in [0.25, 0.3) is 0 Å². The number of phenols is 2. The molecule has 0 spiro atoms. The number of nitriles is 1. The molecule has 0 atom stereocenters. The van der Waals surface area contributed by atoms with E-state index in [1.54, 1.807) is 0 Å². The molecule has 0 aliphatic rings. The third-order valence-corrected chi connectivity index (χ3v) is 4.39. The van der Waals surface area contributed by atoms with Crippen LogP contribution in [0.15, 0.2) is 41.5 Å². The first kappa shape index (κ1) is 24.1. The summed E-state index contributed by atoms with van der Waals surface area (Å²) in [5.74, 6) is -2.36. The highest BCUT2D eigenvalue weighted by Crippen LogP contribution is 2.57. The number of nitrogens with one attached hydrogen (secondary N) is 2. The van der Waals surface area contributed by atoms with Crippen LogP contribution in [0.2, 0.25) is 0 Å². The topological polar surface area (TPSA) is 165 Å². The minimum atomic E-state index is -5.95. The molecular formula is C18H14F6N6O2. The van der Waals surface area contributed by atoms with E-state index in [9.17, 15) is 36.6 Å². The van der Waals surface area contributed by atoms with Gasteiger partial charge < -0.3 is 21.7 Å². The lowest BCUT2D eigenvalue weighted by atomic mass is 9.72. The van der Waals surface area contributed by atoms with E-state index < -0.39 is 63.3 Å². The molecule has 0 saturated carbocycles. The van der Waals surface area contributed by atoms with Crippen LogP contribution in [0.1, 0.15) is 11.1 Å². The fraction of sp³-hybridized carbons (Fsp3) is 0.167. The van der Waals surface area contributed by atoms with Gasteiger partial charge in [0.1, 0.15) is 17.6 Å². The molecule has 32 heavy (non-hydrogen) atoms. The third kappa shape index (κ3) is 4.04. The van der Waals surface area contributed by atoms with Crippen molar-refractivity contribution >= 4 is 22.9 Å². The standard InChI is InChI=1S/C18H14F6N6O2/c19-17(20,21)16(18(22,23)24,8-1-3-13(31)10(26)5-8)9-2-4-14(32)11(6-9)29-30-12(7-25)15(27)28/h1-6,29,31-32H,26H2,(H3,27,28)/b30-12+. The fourth-order valence-corrected chi connectivity index (χ4v) is 2.89. The molecular weight excluding hydrogens is 446 g/mol. The van der Waals surface area contributed by atoms with E-state index in [1.165, 1.54) is 6.07 Å². The van der Waals surface area contributed by atoms with Gasteiger partial charge in [-0.05, 0) is 35.4 Å². The number of anilines is 2. The molecule has 8 nitrogen and oxygen atoms in total. The lowest BCUT2D eigenvalue weighted by Crippen LogP contribution is -2.54. The van der Waals surface area contributed by atoms with Gasteiger partial charge in [-0.1, -0.05) is 12.1 Å². The molecule has 0 fully saturated rings. The van der Waals surface area contributed by atoms with Crippen LogP contribution in [0.3, 0.4) is 0 Å². The van der Waals surface area contributed by atoms with Gasteiger partial charge in [-0.2, -0.15) is 36.7 Å². The molecule has 14 heteroatoms. The van der Waals surface area contributed by atoms with Crippen molar-refractivity contribution in [2.75, 3.05) is 11.2 Å². The lowest BCUT2D eigenvalue weighted by molar-refractivity contribution is -0.288. The molecule has 0 heterocycles. The Morgan fingerprint density at radius 1 is 0.969 bits per heavy atom. The van der Waals surface area contributed by atoms with E-state index in [-0.39, 0.29) is 0 Å². The predicted molar refractivity (Wildman–Crippen MR) is 102 cm³/mol. The number of alkyl halides is 6. The summed E-state index contributed by atoms with van der Waals surface area (Å²) >= 11 is 0. The van der Waals surface area contributed by atoms with Gasteiger partial charge in [0.2, 0.25) is 11.1 Å². The Morgan fingerprint density at radius 3 is 1.91 bits per heavy atom. The molecule has 0 amide bonds. The van der Waals surface area contributed by atoms with Crippen molar-refractivity contribution in [3.63, 3.8) is 0 Å². The van der Waals surface area contributed by atoms with E-state index >= 15 is 0 Å². The molecule has 8 N–H and O–H groups in total. The smallest absolute Gasteiger partial charge is 0.411 e. The van der Waals surface area contributed by atoms with Gasteiger partial charge in [-0.3, -0.25) is 10.8 Å². The minimum Gasteiger partial charge on any atom is -0.506 e. The van der Waals surface area contributed by atoms with E-state index in [4.69, 9.17) is 22.1 Å². The van der Waals surface area contributed by atoms with E-state index in [0.717, 1.165) is 0 Å². The number of halogens is 6. The fourth-order valence-electron chi connectivity index (χ4n) is 2.89. The summed E-state index contributed by atoms with van der Waals surface area (Å²) in [6, 6.07) is 4.04. The number of hydrogen-bond acceptors (Lipinski definition) is 7. The Hall–Kier alpha value is -4.15. The third-order valence-electron chi connectivity index (χ3n) is 4.39. The van der Waals surface area contributed by atoms with Crippen LogP contribution in [0.5, 0.6) is 11.5 Å². The average Bonchev–Trinajstić information content (AvgIpc) is 2.65. The first-order valence-electron chi connectivity index (χ1n) is 8.31. The number of nitrogen functional groups attached to an aromatic ring is 1. The number of benzene rings is 2. The molecule has 0 aliphatic carbocycles. The summed E-state index contributed by atoms with van der Waals surface area (Å²) in [4.78, 5) is 0. The second-order valence-corrected chi connectivity index (χ2v) is 6.35. The van der Waals surface area contributed by atoms with Crippen molar-refractivity contribution in [2.45, 2.75) is 17.8 Å². The second kappa shape index (κ2) is 8.17. The highest BCUT2D eigenvalue weighted by atomic mass is 19.4. The molecule has 0 saturated heterocycles. The molecule has 2 aromatic carbocycles. The van der Waals surface area contributed by atoms with Gasteiger partial charge in [0.25, 0.3) is 0 Å². The highest BCUT2D eigenvalue weighted by molar-refractivity contribution is 6.45. The predicted octanol–water partition coefficient (Wildman–Crippen LogP) is 3.32. The second-order valence-electron chi connectivity index (χ2n) is 6.35. The summed E-state index contributed by atoms with van der Waals surface area (Å²) < 4.78 is 85.0. The zero-order valence-corrected chi connectivity index (χ0v) is 15.7. The van der Waals surface area contributed by atoms with Gasteiger partial charge in [0, 0.05) is 0 Å². The van der Waals surface area contributed by atoms with Crippen molar-refractivity contribution in [2.24, 2.45) is 10.8 Å². The first-order chi connectivity index (χ1) is 14.7. The molecule has 170 valence electrons. The van der Waals surface area contributed by atoms with Crippen molar-refractivity contribution in [3.8, 4) is 17.6 Å². The van der Waals surface area contributed by atoms with Crippen molar-refractivity contribution in [1.29, 1.82) is 10.7 Å². The van der Waals surface area contributed by atoms with Crippen molar-refractivity contribution < 1.29 is 36.6 Å². The van der Waals surface area contributed by atoms with Crippen LogP contribution in [-0.2, 0) is 5.41 Å². The van der Waals surface area contributed by atoms with E-state index in [0.29, 0.717) is 36.4 Å². The normalized spacial score (nSPS) is 12.8. The van der Waals surface area contributed by atoms with Crippen LogP contribution < -0.4 is 16.9 Å². The number of hydrogen-bond donors (Lipinski definition) is 6. The molecule has 0 bridgehead atoms. The zero-order chi connectivity index (χ0) is 24.5. The van der Waals surface area contributed by atoms with Crippen LogP contribution >= 0.6 is 0 Å². The number of hydrazone groups is 1. The summed E-state index contributed by atoms with van der Waals surface area (Å²) in [6.45, 7) is 0. The molecule has 0 unspecified atom stereocenters. The summed E-state index contributed by atoms with van der Waals surface area (Å²) in [6.07, 6.45) is -11.9. The van der Waals surface area contributed by atoms with Crippen LogP contribution in [0.4, 0.5) is 37.7 Å². The van der Waals surface area contributed by atoms with Gasteiger partial charge in [-0.25, -0.2) is 0 Å². The summed E-state index contributed by atoms with van der Waals surface area (Å²) in [7, 11) is 0. The summed E-state index contributed by atoms with van der Waals surface area (Å²) in [5, 5.41) is 38.5.